The highest BCUT2D eigenvalue weighted by molar-refractivity contribution is 6.13. The number of nitrogens with one attached hydrogen (secondary N) is 1. The molecule has 3 saturated heterocycles. The molecule has 9 aliphatic rings. The number of imide groups is 1. The van der Waals surface area contributed by atoms with E-state index in [1.54, 1.807) is 20.8 Å². The summed E-state index contributed by atoms with van der Waals surface area (Å²) in [6.07, 6.45) is -7.63. The van der Waals surface area contributed by atoms with E-state index in [9.17, 15) is 54.3 Å². The third-order valence-corrected chi connectivity index (χ3v) is 16.4. The van der Waals surface area contributed by atoms with Crippen molar-refractivity contribution in [2.24, 2.45) is 57.7 Å². The molecule has 5 aliphatic carbocycles. The van der Waals surface area contributed by atoms with Gasteiger partial charge in [-0.15, -0.1) is 0 Å². The Morgan fingerprint density at radius 2 is 1.60 bits per heavy atom. The molecule has 1 spiro atoms. The number of ketones is 1. The SMILES string of the molecule is CC(=O)O[C@H]1[C@H]2[C@@H]([C@@H](O)[C@@H](NC(=O)CCN3C(=O)C=CC3=O)C3C[C@@H]4O[C@@H]4[C@H](O)[C@@]32C)[C@@H]2[C@@H](O)[C@@H]3[C@H]([C@H](C)C4O[C@]45OC(=O)[C@@](C)(O)[C@]35C)[C@@]2(C(C)=O)[C@H]1O. The topological polar surface area (TPSA) is 262 Å². The fourth-order valence-corrected chi connectivity index (χ4v) is 14.0. The van der Waals surface area contributed by atoms with E-state index in [4.69, 9.17) is 18.9 Å². The molecule has 0 radical (unpaired) electrons. The normalized spacial score (nSPS) is 56.2. The molecule has 3 amide bonds. The first-order chi connectivity index (χ1) is 25.6. The minimum absolute atomic E-state index is 0.245. The third-order valence-electron chi connectivity index (χ3n) is 16.4. The summed E-state index contributed by atoms with van der Waals surface area (Å²) in [6, 6.07) is -1.16. The number of esters is 2. The number of rotatable bonds is 6. The average molecular weight is 773 g/mol. The number of hydrogen-bond donors (Lipinski definition) is 6. The Hall–Kier alpha value is -3.32. The van der Waals surface area contributed by atoms with Gasteiger partial charge in [-0.3, -0.25) is 28.9 Å². The van der Waals surface area contributed by atoms with Gasteiger partial charge in [-0.05, 0) is 44.9 Å². The van der Waals surface area contributed by atoms with Gasteiger partial charge in [0.15, 0.2) is 5.60 Å². The van der Waals surface area contributed by atoms with Gasteiger partial charge in [0.1, 0.15) is 30.2 Å². The molecule has 4 aliphatic heterocycles. The molecule has 0 aromatic carbocycles. The van der Waals surface area contributed by atoms with Crippen LogP contribution in [-0.2, 0) is 47.7 Å². The van der Waals surface area contributed by atoms with Crippen molar-refractivity contribution in [2.45, 2.75) is 121 Å². The Bertz CT molecular complexity index is 1830. The van der Waals surface area contributed by atoms with Crippen LogP contribution in [0.2, 0.25) is 0 Å². The van der Waals surface area contributed by atoms with Gasteiger partial charge in [0.05, 0.1) is 41.3 Å². The highest BCUT2D eigenvalue weighted by Gasteiger charge is 2.93. The van der Waals surface area contributed by atoms with Crippen LogP contribution in [-0.4, -0.2) is 139 Å². The maximum absolute atomic E-state index is 14.6. The Labute approximate surface area is 315 Å². The zero-order chi connectivity index (χ0) is 39.9. The molecule has 17 heteroatoms. The second-order valence-corrected chi connectivity index (χ2v) is 18.2. The molecule has 2 unspecified atom stereocenters. The standard InChI is InChI=1S/C38H48N2O15/c1-12-21-24(35(5)36(6,51)33(50)55-38(35)32(12)54-38)27(47)22-20-23(29(52-14(3)42)31(49)37(21,22)13(2)41)34(4)15(11-16-28(53-16)30(34)48)25(26(20)46)39-17(43)9-10-40-18(44)7-8-19(40)45/h7-8,12,15-16,20-32,46-49,51H,9-11H2,1-6H3,(H,39,43)/t12-,15?,16-,20-,21-,22+,23+,24-,25-,26+,27+,28-,29-,30-,31-,32?,34-,35-,36+,37+,38-/m0/s1. The number of aliphatic hydroxyl groups is 5. The first kappa shape index (κ1) is 37.3. The number of fused-ring (bicyclic) bond motifs is 9. The van der Waals surface area contributed by atoms with Gasteiger partial charge in [-0.1, -0.05) is 13.8 Å². The Morgan fingerprint density at radius 3 is 2.22 bits per heavy atom. The zero-order valence-corrected chi connectivity index (χ0v) is 31.3. The molecule has 21 atom stereocenters. The van der Waals surface area contributed by atoms with Gasteiger partial charge in [0.2, 0.25) is 11.7 Å². The van der Waals surface area contributed by atoms with Crippen LogP contribution in [0.15, 0.2) is 12.2 Å². The van der Waals surface area contributed by atoms with E-state index in [0.717, 1.165) is 24.0 Å². The summed E-state index contributed by atoms with van der Waals surface area (Å²) in [6.45, 7) is 8.43. The monoisotopic (exact) mass is 772 g/mol. The van der Waals surface area contributed by atoms with Gasteiger partial charge in [0.25, 0.3) is 11.8 Å². The molecule has 55 heavy (non-hydrogen) atoms. The lowest BCUT2D eigenvalue weighted by Crippen LogP contribution is -2.77. The fourth-order valence-electron chi connectivity index (χ4n) is 14.0. The zero-order valence-electron chi connectivity index (χ0n) is 31.3. The summed E-state index contributed by atoms with van der Waals surface area (Å²) in [5.74, 6) is -13.2. The van der Waals surface area contributed by atoms with Crippen LogP contribution in [0.1, 0.15) is 54.4 Å². The smallest absolute Gasteiger partial charge is 0.341 e. The van der Waals surface area contributed by atoms with Crippen molar-refractivity contribution < 1.29 is 73.2 Å². The molecule has 9 rings (SSSR count). The van der Waals surface area contributed by atoms with Crippen molar-refractivity contribution in [2.75, 3.05) is 6.54 Å². The third kappa shape index (κ3) is 4.12. The van der Waals surface area contributed by atoms with E-state index in [0.29, 0.717) is 0 Å². The van der Waals surface area contributed by atoms with Crippen molar-refractivity contribution >= 4 is 35.4 Å². The largest absolute Gasteiger partial charge is 0.459 e. The summed E-state index contributed by atoms with van der Waals surface area (Å²) in [5.41, 5.74) is -7.28. The Balaban J connectivity index is 1.20. The average Bonchev–Trinajstić information content (AvgIpc) is 3.99. The van der Waals surface area contributed by atoms with Gasteiger partial charge in [0, 0.05) is 61.1 Å². The van der Waals surface area contributed by atoms with Crippen LogP contribution in [0, 0.1) is 57.7 Å². The molecule has 6 N–H and O–H groups in total. The first-order valence-corrected chi connectivity index (χ1v) is 19.2. The maximum atomic E-state index is 14.6. The van der Waals surface area contributed by atoms with Crippen LogP contribution in [0.3, 0.4) is 0 Å². The van der Waals surface area contributed by atoms with Crippen molar-refractivity contribution in [1.29, 1.82) is 0 Å². The first-order valence-electron chi connectivity index (χ1n) is 19.2. The second-order valence-electron chi connectivity index (χ2n) is 18.2. The molecular weight excluding hydrogens is 724 g/mol. The lowest BCUT2D eigenvalue weighted by atomic mass is 9.39. The van der Waals surface area contributed by atoms with Crippen LogP contribution in [0.25, 0.3) is 0 Å². The van der Waals surface area contributed by atoms with E-state index < -0.39 is 159 Å². The van der Waals surface area contributed by atoms with E-state index in [1.807, 2.05) is 0 Å². The molecule has 0 bridgehead atoms. The highest BCUT2D eigenvalue weighted by atomic mass is 16.8. The van der Waals surface area contributed by atoms with Crippen molar-refractivity contribution in [3.8, 4) is 0 Å². The number of amides is 3. The number of nitrogens with zero attached hydrogens (tertiary/aromatic N) is 1. The molecule has 300 valence electrons. The molecule has 5 saturated carbocycles. The van der Waals surface area contributed by atoms with Crippen LogP contribution in [0.4, 0.5) is 0 Å². The molecule has 4 heterocycles. The van der Waals surface area contributed by atoms with Gasteiger partial charge in [-0.2, -0.15) is 0 Å². The Morgan fingerprint density at radius 1 is 0.945 bits per heavy atom. The van der Waals surface area contributed by atoms with E-state index in [2.05, 4.69) is 5.32 Å². The number of aliphatic hydroxyl groups excluding tert-OH is 4. The number of carbonyl (C=O) groups excluding carboxylic acids is 6. The molecular formula is C38H48N2O15. The number of epoxide rings is 2. The summed E-state index contributed by atoms with van der Waals surface area (Å²) < 4.78 is 23.8. The number of carbonyl (C=O) groups is 6. The summed E-state index contributed by atoms with van der Waals surface area (Å²) in [4.78, 5) is 80.0. The van der Waals surface area contributed by atoms with Crippen molar-refractivity contribution in [3.63, 3.8) is 0 Å². The predicted octanol–water partition coefficient (Wildman–Crippen LogP) is -2.29. The van der Waals surface area contributed by atoms with E-state index >= 15 is 0 Å². The summed E-state index contributed by atoms with van der Waals surface area (Å²) in [7, 11) is 0. The molecule has 8 fully saturated rings. The molecule has 0 aromatic heterocycles. The lowest BCUT2D eigenvalue weighted by molar-refractivity contribution is -0.279. The van der Waals surface area contributed by atoms with Crippen molar-refractivity contribution in [1.82, 2.24) is 10.2 Å². The Kier molecular flexibility index (Phi) is 7.59. The van der Waals surface area contributed by atoms with E-state index in [-0.39, 0.29) is 19.4 Å². The minimum atomic E-state index is -2.23. The number of ether oxygens (including phenoxy) is 4. The van der Waals surface area contributed by atoms with Crippen molar-refractivity contribution in [3.05, 3.63) is 12.2 Å². The van der Waals surface area contributed by atoms with Crippen LogP contribution >= 0.6 is 0 Å². The number of hydrogen-bond acceptors (Lipinski definition) is 15. The molecule has 17 nitrogen and oxygen atoms in total. The summed E-state index contributed by atoms with van der Waals surface area (Å²) >= 11 is 0. The quantitative estimate of drug-likeness (QED) is 0.0944. The van der Waals surface area contributed by atoms with E-state index in [1.165, 1.54) is 13.8 Å². The van der Waals surface area contributed by atoms with Gasteiger partial charge in [-0.25, -0.2) is 4.79 Å². The number of Topliss-reactive ketones (excluding diaryl/α,β-unsaturated/α-hetero) is 1. The van der Waals surface area contributed by atoms with Crippen LogP contribution < -0.4 is 5.32 Å². The van der Waals surface area contributed by atoms with Gasteiger partial charge >= 0.3 is 11.9 Å². The minimum Gasteiger partial charge on any atom is -0.459 e. The van der Waals surface area contributed by atoms with Crippen LogP contribution in [0.5, 0.6) is 0 Å². The summed E-state index contributed by atoms with van der Waals surface area (Å²) in [5, 5.41) is 65.6. The van der Waals surface area contributed by atoms with Gasteiger partial charge < -0.3 is 49.8 Å². The predicted molar refractivity (Wildman–Crippen MR) is 179 cm³/mol. The second kappa shape index (κ2) is 11.2. The lowest BCUT2D eigenvalue weighted by Gasteiger charge is -2.67. The molecule has 0 aromatic rings. The fraction of sp³-hybridized carbons (Fsp3) is 0.789. The highest BCUT2D eigenvalue weighted by Crippen LogP contribution is 2.80. The maximum Gasteiger partial charge on any atom is 0.341 e.